The minimum Gasteiger partial charge on any atom is -0.356 e. The summed E-state index contributed by atoms with van der Waals surface area (Å²) in [5.41, 5.74) is 8.19. The van der Waals surface area contributed by atoms with Crippen molar-refractivity contribution in [3.05, 3.63) is 88.6 Å². The number of fused-ring (bicyclic) bond motifs is 2. The molecule has 4 aromatic rings. The standard InChI is InChI=1S/C33H36N4O3/c1-20-26-16-22(11-13-30(26)40-36-20)24-12-10-23(18-34-31(38)28-17-27(28)21-8-6-5-7-9-21)29-19-37(15-14-25(24)29)32(39)35-33(2,3)4/h5-13,16,27-28H,14-15,17-19H2,1-4H3,(H,34,38)(H,35,39)/t27-,28+/m1/s1. The van der Waals surface area contributed by atoms with Crippen LogP contribution in [-0.4, -0.2) is 34.1 Å². The molecule has 6 rings (SSSR count). The third-order valence-corrected chi connectivity index (χ3v) is 8.05. The number of aryl methyl sites for hydroxylation is 1. The quantitative estimate of drug-likeness (QED) is 0.323. The molecule has 206 valence electrons. The summed E-state index contributed by atoms with van der Waals surface area (Å²) < 4.78 is 5.42. The van der Waals surface area contributed by atoms with Gasteiger partial charge < -0.3 is 20.1 Å². The SMILES string of the molecule is Cc1noc2ccc(-c3ccc(CNC(=O)[C@H]4C[C@@H]4c4ccccc4)c4c3CCN(C(=O)NC(C)(C)C)C4)cc12. The fourth-order valence-electron chi connectivity index (χ4n) is 5.84. The molecule has 1 saturated carbocycles. The molecule has 2 N–H and O–H groups in total. The van der Waals surface area contributed by atoms with Crippen molar-refractivity contribution in [1.82, 2.24) is 20.7 Å². The molecule has 7 heteroatoms. The average molecular weight is 537 g/mol. The summed E-state index contributed by atoms with van der Waals surface area (Å²) in [6.45, 7) is 9.50. The Kier molecular flexibility index (Phi) is 6.61. The molecule has 0 radical (unpaired) electrons. The molecule has 3 aromatic carbocycles. The van der Waals surface area contributed by atoms with Crippen LogP contribution in [0.15, 0.2) is 65.2 Å². The molecule has 0 saturated heterocycles. The Morgan fingerprint density at radius 1 is 1.05 bits per heavy atom. The highest BCUT2D eigenvalue weighted by Crippen LogP contribution is 2.47. The largest absolute Gasteiger partial charge is 0.356 e. The van der Waals surface area contributed by atoms with Crippen LogP contribution in [0.3, 0.4) is 0 Å². The van der Waals surface area contributed by atoms with Crippen molar-refractivity contribution in [2.45, 2.75) is 65.1 Å². The predicted octanol–water partition coefficient (Wildman–Crippen LogP) is 6.09. The first-order valence-corrected chi connectivity index (χ1v) is 14.1. The number of nitrogens with zero attached hydrogens (tertiary/aromatic N) is 2. The van der Waals surface area contributed by atoms with E-state index in [1.807, 2.05) is 56.9 Å². The lowest BCUT2D eigenvalue weighted by atomic mass is 9.87. The van der Waals surface area contributed by atoms with Crippen LogP contribution >= 0.6 is 0 Å². The molecule has 2 heterocycles. The van der Waals surface area contributed by atoms with Crippen molar-refractivity contribution >= 4 is 22.9 Å². The summed E-state index contributed by atoms with van der Waals surface area (Å²) >= 11 is 0. The number of nitrogens with one attached hydrogen (secondary N) is 2. The zero-order valence-electron chi connectivity index (χ0n) is 23.6. The molecule has 1 aromatic heterocycles. The van der Waals surface area contributed by atoms with E-state index < -0.39 is 0 Å². The highest BCUT2D eigenvalue weighted by molar-refractivity contribution is 5.86. The maximum Gasteiger partial charge on any atom is 0.318 e. The molecule has 0 spiro atoms. The molecule has 2 atom stereocenters. The number of hydrogen-bond acceptors (Lipinski definition) is 4. The second kappa shape index (κ2) is 10.1. The van der Waals surface area contributed by atoms with Gasteiger partial charge in [-0.25, -0.2) is 4.79 Å². The van der Waals surface area contributed by atoms with Crippen LogP contribution in [0.1, 0.15) is 61.1 Å². The minimum absolute atomic E-state index is 0.0186. The van der Waals surface area contributed by atoms with Crippen molar-refractivity contribution in [2.24, 2.45) is 5.92 Å². The molecular weight excluding hydrogens is 500 g/mol. The van der Waals surface area contributed by atoms with Gasteiger partial charge in [-0.05, 0) is 92.0 Å². The highest BCUT2D eigenvalue weighted by Gasteiger charge is 2.43. The lowest BCUT2D eigenvalue weighted by Gasteiger charge is -2.34. The van der Waals surface area contributed by atoms with Gasteiger partial charge >= 0.3 is 6.03 Å². The maximum absolute atomic E-state index is 13.1. The highest BCUT2D eigenvalue weighted by atomic mass is 16.5. The minimum atomic E-state index is -0.318. The van der Waals surface area contributed by atoms with Gasteiger partial charge in [0.2, 0.25) is 5.91 Å². The Balaban J connectivity index is 1.28. The molecule has 0 unspecified atom stereocenters. The number of rotatable bonds is 5. The monoisotopic (exact) mass is 536 g/mol. The molecule has 3 amide bonds. The van der Waals surface area contributed by atoms with Gasteiger partial charge in [-0.1, -0.05) is 53.7 Å². The summed E-state index contributed by atoms with van der Waals surface area (Å²) in [4.78, 5) is 28.1. The Hall–Kier alpha value is -4.13. The summed E-state index contributed by atoms with van der Waals surface area (Å²) in [5, 5.41) is 11.4. The second-order valence-corrected chi connectivity index (χ2v) is 12.1. The van der Waals surface area contributed by atoms with Gasteiger partial charge in [-0.2, -0.15) is 0 Å². The first-order valence-electron chi connectivity index (χ1n) is 14.1. The smallest absolute Gasteiger partial charge is 0.318 e. The Morgan fingerprint density at radius 3 is 2.62 bits per heavy atom. The van der Waals surface area contributed by atoms with E-state index in [4.69, 9.17) is 4.52 Å². The fourth-order valence-corrected chi connectivity index (χ4v) is 5.84. The molecule has 1 fully saturated rings. The number of carbonyl (C=O) groups excluding carboxylic acids is 2. The zero-order chi connectivity index (χ0) is 28.0. The molecule has 2 aliphatic rings. The lowest BCUT2D eigenvalue weighted by molar-refractivity contribution is -0.122. The summed E-state index contributed by atoms with van der Waals surface area (Å²) in [7, 11) is 0. The van der Waals surface area contributed by atoms with Crippen molar-refractivity contribution in [1.29, 1.82) is 0 Å². The van der Waals surface area contributed by atoms with E-state index in [0.29, 0.717) is 25.6 Å². The van der Waals surface area contributed by atoms with Crippen LogP contribution < -0.4 is 10.6 Å². The molecule has 0 bridgehead atoms. The number of amides is 3. The van der Waals surface area contributed by atoms with Crippen LogP contribution in [0, 0.1) is 12.8 Å². The molecule has 1 aliphatic heterocycles. The Bertz CT molecular complexity index is 1580. The van der Waals surface area contributed by atoms with Crippen LogP contribution in [0.25, 0.3) is 22.1 Å². The first-order chi connectivity index (χ1) is 19.2. The number of hydrogen-bond donors (Lipinski definition) is 2. The van der Waals surface area contributed by atoms with E-state index in [1.54, 1.807) is 0 Å². The molecule has 7 nitrogen and oxygen atoms in total. The zero-order valence-corrected chi connectivity index (χ0v) is 23.6. The molecule has 1 aliphatic carbocycles. The molecular formula is C33H36N4O3. The Labute approximate surface area is 234 Å². The van der Waals surface area contributed by atoms with E-state index in [9.17, 15) is 9.59 Å². The Morgan fingerprint density at radius 2 is 1.85 bits per heavy atom. The van der Waals surface area contributed by atoms with Crippen molar-refractivity contribution < 1.29 is 14.1 Å². The van der Waals surface area contributed by atoms with Gasteiger partial charge in [0.15, 0.2) is 5.58 Å². The van der Waals surface area contributed by atoms with Crippen molar-refractivity contribution in [3.63, 3.8) is 0 Å². The van der Waals surface area contributed by atoms with E-state index in [0.717, 1.165) is 51.8 Å². The summed E-state index contributed by atoms with van der Waals surface area (Å²) in [6, 6.07) is 20.6. The summed E-state index contributed by atoms with van der Waals surface area (Å²) in [6.07, 6.45) is 1.63. The lowest BCUT2D eigenvalue weighted by Crippen LogP contribution is -2.50. The fraction of sp³-hybridized carbons (Fsp3) is 0.364. The first kappa shape index (κ1) is 26.1. The number of urea groups is 1. The predicted molar refractivity (Wildman–Crippen MR) is 156 cm³/mol. The normalized spacial score (nSPS) is 18.4. The van der Waals surface area contributed by atoms with Crippen LogP contribution in [-0.2, 0) is 24.3 Å². The second-order valence-electron chi connectivity index (χ2n) is 12.1. The van der Waals surface area contributed by atoms with Crippen LogP contribution in [0.2, 0.25) is 0 Å². The van der Waals surface area contributed by atoms with Gasteiger partial charge in [-0.15, -0.1) is 0 Å². The van der Waals surface area contributed by atoms with Gasteiger partial charge in [0, 0.05) is 36.5 Å². The van der Waals surface area contributed by atoms with Gasteiger partial charge in [0.25, 0.3) is 0 Å². The van der Waals surface area contributed by atoms with Gasteiger partial charge in [-0.3, -0.25) is 4.79 Å². The van der Waals surface area contributed by atoms with Gasteiger partial charge in [0.05, 0.1) is 5.69 Å². The van der Waals surface area contributed by atoms with Crippen LogP contribution in [0.5, 0.6) is 0 Å². The van der Waals surface area contributed by atoms with E-state index in [-0.39, 0.29) is 23.4 Å². The summed E-state index contributed by atoms with van der Waals surface area (Å²) in [5.74, 6) is 0.410. The topological polar surface area (TPSA) is 87.5 Å². The van der Waals surface area contributed by atoms with E-state index in [1.165, 1.54) is 11.1 Å². The third-order valence-electron chi connectivity index (χ3n) is 8.05. The van der Waals surface area contributed by atoms with E-state index in [2.05, 4.69) is 52.2 Å². The van der Waals surface area contributed by atoms with Crippen LogP contribution in [0.4, 0.5) is 4.79 Å². The van der Waals surface area contributed by atoms with Crippen molar-refractivity contribution in [3.8, 4) is 11.1 Å². The number of benzene rings is 3. The van der Waals surface area contributed by atoms with Crippen molar-refractivity contribution in [2.75, 3.05) is 6.54 Å². The average Bonchev–Trinajstić information content (AvgIpc) is 3.67. The van der Waals surface area contributed by atoms with Gasteiger partial charge in [0.1, 0.15) is 0 Å². The third kappa shape index (κ3) is 5.20. The molecule has 40 heavy (non-hydrogen) atoms. The number of carbonyl (C=O) groups is 2. The number of aromatic nitrogens is 1. The van der Waals surface area contributed by atoms with E-state index >= 15 is 0 Å². The maximum atomic E-state index is 13.1.